The van der Waals surface area contributed by atoms with Gasteiger partial charge < -0.3 is 10.5 Å². The summed E-state index contributed by atoms with van der Waals surface area (Å²) in [5, 5.41) is 0.655. The lowest BCUT2D eigenvalue weighted by atomic mass is 10.0. The molecule has 0 bridgehead atoms. The zero-order valence-electron chi connectivity index (χ0n) is 7.00. The Hall–Kier alpha value is -0.440. The minimum atomic E-state index is 0. The first-order valence-electron chi connectivity index (χ1n) is 3.96. The molecular weight excluding hydrogens is 209 g/mol. The second-order valence-electron chi connectivity index (χ2n) is 2.90. The van der Waals surface area contributed by atoms with Crippen LogP contribution in [-0.2, 0) is 0 Å². The van der Waals surface area contributed by atoms with Gasteiger partial charge in [0.1, 0.15) is 5.75 Å². The van der Waals surface area contributed by atoms with E-state index < -0.39 is 0 Å². The highest BCUT2D eigenvalue weighted by molar-refractivity contribution is 6.32. The lowest BCUT2D eigenvalue weighted by molar-refractivity contribution is 0.269. The number of para-hydroxylation sites is 1. The fraction of sp³-hybridized carbons (Fsp3) is 0.333. The Kier molecular flexibility index (Phi) is 3.42. The number of ether oxygens (including phenoxy) is 1. The second kappa shape index (κ2) is 4.18. The van der Waals surface area contributed by atoms with E-state index in [9.17, 15) is 0 Å². The maximum atomic E-state index is 5.93. The Morgan fingerprint density at radius 2 is 2.23 bits per heavy atom. The lowest BCUT2D eigenvalue weighted by Gasteiger charge is -2.23. The van der Waals surface area contributed by atoms with E-state index in [1.807, 2.05) is 18.2 Å². The van der Waals surface area contributed by atoms with Crippen molar-refractivity contribution in [2.24, 2.45) is 5.73 Å². The summed E-state index contributed by atoms with van der Waals surface area (Å²) in [6, 6.07) is 5.76. The lowest BCUT2D eigenvalue weighted by Crippen LogP contribution is -2.20. The van der Waals surface area contributed by atoms with E-state index in [4.69, 9.17) is 22.1 Å². The van der Waals surface area contributed by atoms with Crippen LogP contribution in [0.15, 0.2) is 18.2 Å². The monoisotopic (exact) mass is 219 g/mol. The minimum absolute atomic E-state index is 0. The smallest absolute Gasteiger partial charge is 0.142 e. The third-order valence-corrected chi connectivity index (χ3v) is 2.37. The first-order valence-corrected chi connectivity index (χ1v) is 4.33. The Morgan fingerprint density at radius 1 is 1.46 bits per heavy atom. The van der Waals surface area contributed by atoms with Gasteiger partial charge in [0.15, 0.2) is 0 Å². The van der Waals surface area contributed by atoms with Crippen molar-refractivity contribution in [2.45, 2.75) is 12.5 Å². The molecule has 0 radical (unpaired) electrons. The second-order valence-corrected chi connectivity index (χ2v) is 3.31. The standard InChI is InChI=1S/C9H10ClNO.ClH/c10-7-3-1-2-6-8(11)4-5-12-9(6)7;/h1-3,8H,4-5,11H2;1H/t8-;/m0./s1. The van der Waals surface area contributed by atoms with Gasteiger partial charge in [-0.2, -0.15) is 0 Å². The van der Waals surface area contributed by atoms with Crippen LogP contribution in [0.5, 0.6) is 5.75 Å². The van der Waals surface area contributed by atoms with E-state index in [0.717, 1.165) is 17.7 Å². The van der Waals surface area contributed by atoms with Gasteiger partial charge in [0.2, 0.25) is 0 Å². The Bertz CT molecular complexity index is 304. The molecule has 2 rings (SSSR count). The highest BCUT2D eigenvalue weighted by Gasteiger charge is 2.19. The summed E-state index contributed by atoms with van der Waals surface area (Å²) in [5.74, 6) is 0.762. The van der Waals surface area contributed by atoms with Crippen molar-refractivity contribution in [3.63, 3.8) is 0 Å². The Morgan fingerprint density at radius 3 is 2.92 bits per heavy atom. The van der Waals surface area contributed by atoms with Gasteiger partial charge in [-0.25, -0.2) is 0 Å². The van der Waals surface area contributed by atoms with E-state index >= 15 is 0 Å². The van der Waals surface area contributed by atoms with Crippen LogP contribution in [0, 0.1) is 0 Å². The fourth-order valence-electron chi connectivity index (χ4n) is 1.41. The van der Waals surface area contributed by atoms with Crippen molar-refractivity contribution in [1.82, 2.24) is 0 Å². The highest BCUT2D eigenvalue weighted by atomic mass is 35.5. The number of halogens is 2. The molecule has 1 heterocycles. The minimum Gasteiger partial charge on any atom is -0.492 e. The number of hydrogen-bond donors (Lipinski definition) is 1. The normalized spacial score (nSPS) is 19.7. The van der Waals surface area contributed by atoms with Crippen LogP contribution in [0.2, 0.25) is 5.02 Å². The number of rotatable bonds is 0. The number of hydrogen-bond acceptors (Lipinski definition) is 2. The van der Waals surface area contributed by atoms with Gasteiger partial charge in [-0.1, -0.05) is 23.7 Å². The van der Waals surface area contributed by atoms with E-state index in [0.29, 0.717) is 11.6 Å². The maximum absolute atomic E-state index is 5.93. The highest BCUT2D eigenvalue weighted by Crippen LogP contribution is 2.36. The average molecular weight is 220 g/mol. The summed E-state index contributed by atoms with van der Waals surface area (Å²) in [6.07, 6.45) is 0.868. The summed E-state index contributed by atoms with van der Waals surface area (Å²) in [4.78, 5) is 0. The molecule has 0 unspecified atom stereocenters. The molecule has 72 valence electrons. The fourth-order valence-corrected chi connectivity index (χ4v) is 1.65. The Labute approximate surface area is 88.4 Å². The van der Waals surface area contributed by atoms with Gasteiger partial charge in [0.05, 0.1) is 11.6 Å². The van der Waals surface area contributed by atoms with Crippen molar-refractivity contribution in [2.75, 3.05) is 6.61 Å². The van der Waals surface area contributed by atoms with Crippen LogP contribution in [0.1, 0.15) is 18.0 Å². The molecule has 1 aliphatic heterocycles. The summed E-state index contributed by atoms with van der Waals surface area (Å²) >= 11 is 5.93. The largest absolute Gasteiger partial charge is 0.492 e. The zero-order valence-corrected chi connectivity index (χ0v) is 8.57. The molecule has 0 spiro atoms. The predicted molar refractivity (Wildman–Crippen MR) is 55.7 cm³/mol. The molecule has 2 N–H and O–H groups in total. The molecule has 0 saturated carbocycles. The third kappa shape index (κ3) is 1.90. The van der Waals surface area contributed by atoms with Crippen LogP contribution < -0.4 is 10.5 Å². The van der Waals surface area contributed by atoms with Crippen LogP contribution in [0.3, 0.4) is 0 Å². The van der Waals surface area contributed by atoms with Gasteiger partial charge in [0, 0.05) is 18.0 Å². The summed E-state index contributed by atoms with van der Waals surface area (Å²) in [6.45, 7) is 0.665. The van der Waals surface area contributed by atoms with Crippen molar-refractivity contribution in [1.29, 1.82) is 0 Å². The number of nitrogens with two attached hydrogens (primary N) is 1. The molecule has 4 heteroatoms. The quantitative estimate of drug-likeness (QED) is 0.729. The molecule has 1 atom stereocenters. The topological polar surface area (TPSA) is 35.2 Å². The van der Waals surface area contributed by atoms with Crippen LogP contribution >= 0.6 is 24.0 Å². The van der Waals surface area contributed by atoms with Crippen molar-refractivity contribution >= 4 is 24.0 Å². The molecule has 0 saturated heterocycles. The molecule has 0 fully saturated rings. The van der Waals surface area contributed by atoms with Crippen molar-refractivity contribution < 1.29 is 4.74 Å². The molecule has 0 amide bonds. The molecule has 1 aliphatic rings. The van der Waals surface area contributed by atoms with E-state index in [1.54, 1.807) is 0 Å². The summed E-state index contributed by atoms with van der Waals surface area (Å²) < 4.78 is 5.41. The van der Waals surface area contributed by atoms with Crippen LogP contribution in [-0.4, -0.2) is 6.61 Å². The summed E-state index contributed by atoms with van der Waals surface area (Å²) in [5.41, 5.74) is 6.90. The van der Waals surface area contributed by atoms with Gasteiger partial charge in [-0.05, 0) is 6.07 Å². The number of fused-ring (bicyclic) bond motifs is 1. The van der Waals surface area contributed by atoms with E-state index in [1.165, 1.54) is 0 Å². The van der Waals surface area contributed by atoms with Crippen molar-refractivity contribution in [3.8, 4) is 5.75 Å². The third-order valence-electron chi connectivity index (χ3n) is 2.07. The van der Waals surface area contributed by atoms with Gasteiger partial charge >= 0.3 is 0 Å². The van der Waals surface area contributed by atoms with E-state index in [-0.39, 0.29) is 18.4 Å². The first-order chi connectivity index (χ1) is 5.79. The SMILES string of the molecule is Cl.N[C@H]1CCOc2c(Cl)cccc21. The summed E-state index contributed by atoms with van der Waals surface area (Å²) in [7, 11) is 0. The predicted octanol–water partition coefficient (Wildman–Crippen LogP) is 2.54. The molecule has 13 heavy (non-hydrogen) atoms. The average Bonchev–Trinajstić information content (AvgIpc) is 2.07. The zero-order chi connectivity index (χ0) is 8.55. The molecule has 2 nitrogen and oxygen atoms in total. The molecular formula is C9H11Cl2NO. The van der Waals surface area contributed by atoms with Gasteiger partial charge in [-0.15, -0.1) is 12.4 Å². The van der Waals surface area contributed by atoms with Crippen LogP contribution in [0.25, 0.3) is 0 Å². The first kappa shape index (κ1) is 10.6. The molecule has 1 aromatic rings. The Balaban J connectivity index is 0.000000845. The number of benzene rings is 1. The van der Waals surface area contributed by atoms with Crippen LogP contribution in [0.4, 0.5) is 0 Å². The molecule has 0 aliphatic carbocycles. The van der Waals surface area contributed by atoms with E-state index in [2.05, 4.69) is 0 Å². The van der Waals surface area contributed by atoms with Gasteiger partial charge in [0.25, 0.3) is 0 Å². The van der Waals surface area contributed by atoms with Crippen molar-refractivity contribution in [3.05, 3.63) is 28.8 Å². The van der Waals surface area contributed by atoms with Gasteiger partial charge in [-0.3, -0.25) is 0 Å². The molecule has 0 aromatic heterocycles. The molecule has 1 aromatic carbocycles. The maximum Gasteiger partial charge on any atom is 0.142 e.